The molecule has 0 unspecified atom stereocenters. The van der Waals surface area contributed by atoms with Gasteiger partial charge in [-0.25, -0.2) is 4.68 Å². The number of ether oxygens (including phenoxy) is 2. The van der Waals surface area contributed by atoms with Crippen molar-refractivity contribution in [2.45, 2.75) is 39.2 Å². The molecule has 0 saturated heterocycles. The number of carbonyl (C=O) groups is 1. The van der Waals surface area contributed by atoms with Crippen LogP contribution in [0.5, 0.6) is 11.5 Å². The Labute approximate surface area is 177 Å². The van der Waals surface area contributed by atoms with Crippen molar-refractivity contribution < 1.29 is 14.3 Å². The van der Waals surface area contributed by atoms with E-state index in [1.807, 2.05) is 18.2 Å². The van der Waals surface area contributed by atoms with E-state index in [1.54, 1.807) is 31.2 Å². The molecule has 0 saturated carbocycles. The molecular weight excluding hydrogens is 378 g/mol. The summed E-state index contributed by atoms with van der Waals surface area (Å²) in [4.78, 5) is 12.5. The summed E-state index contributed by atoms with van der Waals surface area (Å²) >= 11 is 0. The number of nitrogens with zero attached hydrogens (tertiary/aromatic N) is 2. The van der Waals surface area contributed by atoms with Gasteiger partial charge in [0.2, 0.25) is 5.91 Å². The van der Waals surface area contributed by atoms with Gasteiger partial charge in [-0.3, -0.25) is 4.79 Å². The molecule has 0 aliphatic carbocycles. The van der Waals surface area contributed by atoms with Crippen LogP contribution < -0.4 is 14.8 Å². The van der Waals surface area contributed by atoms with Gasteiger partial charge in [-0.1, -0.05) is 50.2 Å². The summed E-state index contributed by atoms with van der Waals surface area (Å²) in [5.41, 5.74) is 3.38. The lowest BCUT2D eigenvalue weighted by Crippen LogP contribution is -2.16. The van der Waals surface area contributed by atoms with Gasteiger partial charge in [0, 0.05) is 18.1 Å². The predicted molar refractivity (Wildman–Crippen MR) is 118 cm³/mol. The van der Waals surface area contributed by atoms with Crippen LogP contribution in [0.25, 0.3) is 0 Å². The number of carbonyl (C=O) groups excluding carboxylic acids is 1. The van der Waals surface area contributed by atoms with Crippen LogP contribution in [-0.2, 0) is 17.8 Å². The van der Waals surface area contributed by atoms with Crippen molar-refractivity contribution in [2.75, 3.05) is 19.5 Å². The van der Waals surface area contributed by atoms with Gasteiger partial charge in [0.05, 0.1) is 27.0 Å². The first-order chi connectivity index (χ1) is 14.5. The van der Waals surface area contributed by atoms with Crippen LogP contribution in [-0.4, -0.2) is 29.9 Å². The number of amides is 1. The van der Waals surface area contributed by atoms with Crippen LogP contribution in [0.1, 0.15) is 42.9 Å². The Kier molecular flexibility index (Phi) is 7.12. The number of benzene rings is 2. The van der Waals surface area contributed by atoms with Crippen LogP contribution in [0, 0.1) is 0 Å². The molecule has 1 amide bonds. The largest absolute Gasteiger partial charge is 0.493 e. The van der Waals surface area contributed by atoms with Gasteiger partial charge in [0.25, 0.3) is 0 Å². The maximum absolute atomic E-state index is 12.5. The number of hydrogen-bond acceptors (Lipinski definition) is 4. The number of methoxy groups -OCH3 is 2. The lowest BCUT2D eigenvalue weighted by Gasteiger charge is -2.14. The average molecular weight is 408 g/mol. The van der Waals surface area contributed by atoms with Gasteiger partial charge >= 0.3 is 0 Å². The van der Waals surface area contributed by atoms with Gasteiger partial charge in [-0.15, -0.1) is 0 Å². The second-order valence-corrected chi connectivity index (χ2v) is 7.47. The topological polar surface area (TPSA) is 65.4 Å². The second-order valence-electron chi connectivity index (χ2n) is 7.47. The standard InChI is InChI=1S/C24H29N3O3/c1-17(2)19-11-8-18(9-12-19)10-13-23(28)26-22-14-15-25-27(22)16-20-6-5-7-21(29-3)24(20)30-4/h5-9,11-12,14-15,17H,10,13,16H2,1-4H3,(H,26,28). The van der Waals surface area contributed by atoms with Crippen LogP contribution >= 0.6 is 0 Å². The van der Waals surface area contributed by atoms with Crippen molar-refractivity contribution >= 4 is 11.7 Å². The molecular formula is C24H29N3O3. The van der Waals surface area contributed by atoms with Crippen molar-refractivity contribution in [1.82, 2.24) is 9.78 Å². The molecule has 0 radical (unpaired) electrons. The summed E-state index contributed by atoms with van der Waals surface area (Å²) < 4.78 is 12.6. The predicted octanol–water partition coefficient (Wildman–Crippen LogP) is 4.64. The molecule has 0 atom stereocenters. The van der Waals surface area contributed by atoms with Gasteiger partial charge in [0.15, 0.2) is 11.5 Å². The Hall–Kier alpha value is -3.28. The Balaban J connectivity index is 1.62. The number of nitrogens with one attached hydrogen (secondary N) is 1. The number of para-hydroxylation sites is 1. The van der Waals surface area contributed by atoms with Crippen molar-refractivity contribution in [3.8, 4) is 11.5 Å². The van der Waals surface area contributed by atoms with E-state index in [1.165, 1.54) is 5.56 Å². The molecule has 6 heteroatoms. The molecule has 1 heterocycles. The summed E-state index contributed by atoms with van der Waals surface area (Å²) in [6.07, 6.45) is 2.78. The molecule has 0 aliphatic rings. The maximum Gasteiger partial charge on any atom is 0.225 e. The third kappa shape index (κ3) is 5.20. The molecule has 0 aliphatic heterocycles. The molecule has 2 aromatic carbocycles. The van der Waals surface area contributed by atoms with E-state index in [2.05, 4.69) is 48.5 Å². The van der Waals surface area contributed by atoms with Gasteiger partial charge in [-0.05, 0) is 29.5 Å². The van der Waals surface area contributed by atoms with Gasteiger partial charge < -0.3 is 14.8 Å². The summed E-state index contributed by atoms with van der Waals surface area (Å²) in [7, 11) is 3.22. The second kappa shape index (κ2) is 9.96. The minimum Gasteiger partial charge on any atom is -0.493 e. The number of rotatable bonds is 9. The van der Waals surface area contributed by atoms with E-state index in [-0.39, 0.29) is 5.91 Å². The van der Waals surface area contributed by atoms with Crippen molar-refractivity contribution in [2.24, 2.45) is 0 Å². The quantitative estimate of drug-likeness (QED) is 0.561. The molecule has 30 heavy (non-hydrogen) atoms. The molecule has 1 N–H and O–H groups in total. The van der Waals surface area contributed by atoms with Crippen LogP contribution in [0.4, 0.5) is 5.82 Å². The first-order valence-electron chi connectivity index (χ1n) is 10.1. The minimum atomic E-state index is -0.0395. The van der Waals surface area contributed by atoms with Crippen LogP contribution in [0.15, 0.2) is 54.7 Å². The minimum absolute atomic E-state index is 0.0395. The molecule has 0 fully saturated rings. The number of aryl methyl sites for hydroxylation is 1. The number of anilines is 1. The molecule has 0 spiro atoms. The molecule has 3 rings (SSSR count). The summed E-state index contributed by atoms with van der Waals surface area (Å²) in [6, 6.07) is 16.0. The SMILES string of the molecule is COc1cccc(Cn2nccc2NC(=O)CCc2ccc(C(C)C)cc2)c1OC. The van der Waals surface area contributed by atoms with E-state index in [9.17, 15) is 4.79 Å². The highest BCUT2D eigenvalue weighted by molar-refractivity contribution is 5.90. The van der Waals surface area contributed by atoms with Crippen molar-refractivity contribution in [1.29, 1.82) is 0 Å². The molecule has 3 aromatic rings. The van der Waals surface area contributed by atoms with E-state index in [4.69, 9.17) is 9.47 Å². The van der Waals surface area contributed by atoms with E-state index in [0.717, 1.165) is 11.1 Å². The zero-order chi connectivity index (χ0) is 21.5. The Bertz CT molecular complexity index is 978. The van der Waals surface area contributed by atoms with Crippen LogP contribution in [0.2, 0.25) is 0 Å². The molecule has 1 aromatic heterocycles. The van der Waals surface area contributed by atoms with E-state index < -0.39 is 0 Å². The third-order valence-electron chi connectivity index (χ3n) is 5.08. The highest BCUT2D eigenvalue weighted by Crippen LogP contribution is 2.31. The fourth-order valence-corrected chi connectivity index (χ4v) is 3.34. The Morgan fingerprint density at radius 3 is 2.50 bits per heavy atom. The zero-order valence-corrected chi connectivity index (χ0v) is 18.0. The smallest absolute Gasteiger partial charge is 0.225 e. The Morgan fingerprint density at radius 2 is 1.83 bits per heavy atom. The van der Waals surface area contributed by atoms with Crippen LogP contribution in [0.3, 0.4) is 0 Å². The normalized spacial score (nSPS) is 10.8. The number of aromatic nitrogens is 2. The Morgan fingerprint density at radius 1 is 1.07 bits per heavy atom. The lowest BCUT2D eigenvalue weighted by molar-refractivity contribution is -0.116. The van der Waals surface area contributed by atoms with Crippen molar-refractivity contribution in [3.63, 3.8) is 0 Å². The number of hydrogen-bond donors (Lipinski definition) is 1. The third-order valence-corrected chi connectivity index (χ3v) is 5.08. The molecule has 0 bridgehead atoms. The van der Waals surface area contributed by atoms with Crippen molar-refractivity contribution in [3.05, 3.63) is 71.4 Å². The van der Waals surface area contributed by atoms with E-state index >= 15 is 0 Å². The first-order valence-corrected chi connectivity index (χ1v) is 10.1. The maximum atomic E-state index is 12.5. The summed E-state index contributed by atoms with van der Waals surface area (Å²) in [5, 5.41) is 7.31. The fraction of sp³-hybridized carbons (Fsp3) is 0.333. The highest BCUT2D eigenvalue weighted by atomic mass is 16.5. The first kappa shape index (κ1) is 21.4. The summed E-state index contributed by atoms with van der Waals surface area (Å²) in [5.74, 6) is 2.45. The fourth-order valence-electron chi connectivity index (χ4n) is 3.34. The molecule has 158 valence electrons. The van der Waals surface area contributed by atoms with Gasteiger partial charge in [0.1, 0.15) is 5.82 Å². The summed E-state index contributed by atoms with van der Waals surface area (Å²) in [6.45, 7) is 4.80. The lowest BCUT2D eigenvalue weighted by atomic mass is 10.0. The van der Waals surface area contributed by atoms with E-state index in [0.29, 0.717) is 42.6 Å². The average Bonchev–Trinajstić information content (AvgIpc) is 3.18. The van der Waals surface area contributed by atoms with Gasteiger partial charge in [-0.2, -0.15) is 5.10 Å². The zero-order valence-electron chi connectivity index (χ0n) is 18.0. The monoisotopic (exact) mass is 407 g/mol. The highest BCUT2D eigenvalue weighted by Gasteiger charge is 2.13. The molecule has 6 nitrogen and oxygen atoms in total.